The summed E-state index contributed by atoms with van der Waals surface area (Å²) in [6.45, 7) is -0.0274. The molecule has 7 heteroatoms. The number of aliphatic hydroxyl groups is 1. The van der Waals surface area contributed by atoms with E-state index in [1.807, 2.05) is 12.1 Å². The first-order chi connectivity index (χ1) is 15.9. The second-order valence-electron chi connectivity index (χ2n) is 8.53. The van der Waals surface area contributed by atoms with Gasteiger partial charge in [-0.05, 0) is 47.2 Å². The van der Waals surface area contributed by atoms with E-state index in [2.05, 4.69) is 30.0 Å². The van der Waals surface area contributed by atoms with Crippen LogP contribution in [-0.4, -0.2) is 35.1 Å². The molecule has 4 atom stereocenters. The highest BCUT2D eigenvalue weighted by molar-refractivity contribution is 7.39. The Morgan fingerprint density at radius 2 is 2.00 bits per heavy atom. The summed E-state index contributed by atoms with van der Waals surface area (Å²) >= 11 is 0. The van der Waals surface area contributed by atoms with Crippen molar-refractivity contribution < 1.29 is 28.5 Å². The van der Waals surface area contributed by atoms with Gasteiger partial charge in [0.15, 0.2) is 8.03 Å². The van der Waals surface area contributed by atoms with E-state index in [9.17, 15) is 18.9 Å². The Bertz CT molecular complexity index is 1150. The third-order valence-corrected chi connectivity index (χ3v) is 7.65. The standard InChI is InChI=1S/C26H26FO5P/c27-20-11-9-18(10-12-20)23-16-26(24-8-2-1-7-22(23)24)13-3-5-19(26)6-4-14-32-33(31)17-21(28)15-25(29)30/h1-2,7-12,16,19,21,28,33H,3,5,13-15,17H2,(H,29,30)/t19?,21-,26?/m0/s1. The molecule has 0 heterocycles. The molecule has 0 radical (unpaired) electrons. The van der Waals surface area contributed by atoms with Crippen molar-refractivity contribution in [2.45, 2.75) is 37.2 Å². The maximum Gasteiger partial charge on any atom is 0.305 e. The molecule has 1 saturated carbocycles. The van der Waals surface area contributed by atoms with Crippen LogP contribution in [0.25, 0.3) is 5.57 Å². The lowest BCUT2D eigenvalue weighted by Crippen LogP contribution is -2.25. The second-order valence-corrected chi connectivity index (χ2v) is 9.97. The monoisotopic (exact) mass is 468 g/mol. The average Bonchev–Trinajstić information content (AvgIpc) is 3.33. The molecule has 4 rings (SSSR count). The van der Waals surface area contributed by atoms with Gasteiger partial charge in [0.05, 0.1) is 12.5 Å². The van der Waals surface area contributed by atoms with E-state index < -0.39 is 26.5 Å². The van der Waals surface area contributed by atoms with Gasteiger partial charge in [-0.3, -0.25) is 9.36 Å². The number of halogens is 1. The Kier molecular flexibility index (Phi) is 7.14. The largest absolute Gasteiger partial charge is 0.481 e. The van der Waals surface area contributed by atoms with Gasteiger partial charge in [0.2, 0.25) is 0 Å². The van der Waals surface area contributed by atoms with Crippen LogP contribution >= 0.6 is 8.03 Å². The van der Waals surface area contributed by atoms with Crippen molar-refractivity contribution in [1.29, 1.82) is 0 Å². The highest BCUT2D eigenvalue weighted by Gasteiger charge is 2.46. The first kappa shape index (κ1) is 23.4. The number of rotatable bonds is 7. The number of hydrogen-bond donors (Lipinski definition) is 2. The number of hydrogen-bond acceptors (Lipinski definition) is 4. The summed E-state index contributed by atoms with van der Waals surface area (Å²) in [7, 11) is -2.56. The lowest BCUT2D eigenvalue weighted by molar-refractivity contribution is -0.138. The smallest absolute Gasteiger partial charge is 0.305 e. The molecule has 0 amide bonds. The quantitative estimate of drug-likeness (QED) is 0.457. The second kappa shape index (κ2) is 10.1. The number of fused-ring (bicyclic) bond motifs is 2. The Labute approximate surface area is 193 Å². The fraction of sp³-hybridized carbons (Fsp3) is 0.346. The molecular formula is C26H26FO5P. The van der Waals surface area contributed by atoms with Gasteiger partial charge >= 0.3 is 5.97 Å². The van der Waals surface area contributed by atoms with Crippen molar-refractivity contribution in [3.05, 3.63) is 77.1 Å². The average molecular weight is 468 g/mol. The maximum absolute atomic E-state index is 13.5. The van der Waals surface area contributed by atoms with Crippen LogP contribution in [0.15, 0.2) is 54.6 Å². The molecule has 2 aliphatic carbocycles. The molecule has 2 aliphatic rings. The minimum absolute atomic E-state index is 0.0274. The van der Waals surface area contributed by atoms with Gasteiger partial charge in [-0.25, -0.2) is 4.39 Å². The normalized spacial score (nSPS) is 22.8. The lowest BCUT2D eigenvalue weighted by Gasteiger charge is -2.28. The van der Waals surface area contributed by atoms with E-state index in [4.69, 9.17) is 9.63 Å². The van der Waals surface area contributed by atoms with Crippen LogP contribution in [0.1, 0.15) is 42.4 Å². The molecule has 2 N–H and O–H groups in total. The number of allylic oxidation sites excluding steroid dienone is 1. The van der Waals surface area contributed by atoms with Crippen LogP contribution in [-0.2, 0) is 19.3 Å². The first-order valence-electron chi connectivity index (χ1n) is 11.0. The minimum atomic E-state index is -2.56. The zero-order chi connectivity index (χ0) is 23.4. The van der Waals surface area contributed by atoms with Gasteiger partial charge in [-0.1, -0.05) is 60.7 Å². The molecule has 33 heavy (non-hydrogen) atoms. The lowest BCUT2D eigenvalue weighted by atomic mass is 9.74. The third-order valence-electron chi connectivity index (χ3n) is 6.38. The summed E-state index contributed by atoms with van der Waals surface area (Å²) in [5, 5.41) is 18.3. The Morgan fingerprint density at radius 1 is 1.24 bits per heavy atom. The Hall–Kier alpha value is -2.71. The SMILES string of the molecule is O=C(O)C[C@H](O)C[PH](=O)OCC#CC1CCCC12C=C(c1ccc(F)cc1)c1ccccc12. The van der Waals surface area contributed by atoms with Gasteiger partial charge in [-0.2, -0.15) is 0 Å². The molecular weight excluding hydrogens is 442 g/mol. The summed E-state index contributed by atoms with van der Waals surface area (Å²) in [6.07, 6.45) is 3.36. The fourth-order valence-corrected chi connectivity index (χ4v) is 5.82. The van der Waals surface area contributed by atoms with E-state index in [1.54, 1.807) is 12.1 Å². The van der Waals surface area contributed by atoms with Gasteiger partial charge < -0.3 is 14.7 Å². The number of carboxylic acids is 1. The Balaban J connectivity index is 1.51. The van der Waals surface area contributed by atoms with E-state index >= 15 is 0 Å². The molecule has 0 aliphatic heterocycles. The van der Waals surface area contributed by atoms with Crippen molar-refractivity contribution >= 4 is 19.6 Å². The molecule has 172 valence electrons. The van der Waals surface area contributed by atoms with Crippen molar-refractivity contribution in [2.24, 2.45) is 5.92 Å². The van der Waals surface area contributed by atoms with E-state index in [0.717, 1.165) is 36.0 Å². The number of aliphatic hydroxyl groups excluding tert-OH is 1. The van der Waals surface area contributed by atoms with Crippen molar-refractivity contribution in [3.63, 3.8) is 0 Å². The highest BCUT2D eigenvalue weighted by Crippen LogP contribution is 2.54. The van der Waals surface area contributed by atoms with Crippen molar-refractivity contribution in [3.8, 4) is 11.8 Å². The van der Waals surface area contributed by atoms with E-state index in [0.29, 0.717) is 0 Å². The van der Waals surface area contributed by atoms with E-state index in [-0.39, 0.29) is 29.9 Å². The topological polar surface area (TPSA) is 83.8 Å². The molecule has 0 bridgehead atoms. The molecule has 1 spiro atoms. The van der Waals surface area contributed by atoms with Crippen molar-refractivity contribution in [1.82, 2.24) is 0 Å². The summed E-state index contributed by atoms with van der Waals surface area (Å²) in [4.78, 5) is 10.6. The zero-order valence-electron chi connectivity index (χ0n) is 18.1. The molecule has 2 aromatic carbocycles. The van der Waals surface area contributed by atoms with Crippen LogP contribution in [0.3, 0.4) is 0 Å². The maximum atomic E-state index is 13.5. The first-order valence-corrected chi connectivity index (χ1v) is 12.5. The zero-order valence-corrected chi connectivity index (χ0v) is 19.1. The van der Waals surface area contributed by atoms with Gasteiger partial charge in [0, 0.05) is 17.5 Å². The van der Waals surface area contributed by atoms with Crippen LogP contribution < -0.4 is 0 Å². The van der Waals surface area contributed by atoms with Gasteiger partial charge in [-0.15, -0.1) is 0 Å². The number of carbonyl (C=O) groups is 1. The van der Waals surface area contributed by atoms with Gasteiger partial charge in [0.1, 0.15) is 12.4 Å². The Morgan fingerprint density at radius 3 is 2.76 bits per heavy atom. The van der Waals surface area contributed by atoms with Crippen LogP contribution in [0.4, 0.5) is 4.39 Å². The molecule has 0 saturated heterocycles. The predicted octanol–water partition coefficient (Wildman–Crippen LogP) is 4.64. The molecule has 3 unspecified atom stereocenters. The molecule has 0 aromatic heterocycles. The highest BCUT2D eigenvalue weighted by atomic mass is 31.1. The number of benzene rings is 2. The fourth-order valence-electron chi connectivity index (χ4n) is 4.94. The summed E-state index contributed by atoms with van der Waals surface area (Å²) in [5.41, 5.74) is 4.21. The number of aliphatic carboxylic acids is 1. The van der Waals surface area contributed by atoms with Crippen molar-refractivity contribution in [2.75, 3.05) is 12.8 Å². The predicted molar refractivity (Wildman–Crippen MR) is 125 cm³/mol. The molecule has 2 aromatic rings. The summed E-state index contributed by atoms with van der Waals surface area (Å²) in [5.74, 6) is 4.97. The van der Waals surface area contributed by atoms with Crippen LogP contribution in [0, 0.1) is 23.6 Å². The minimum Gasteiger partial charge on any atom is -0.481 e. The van der Waals surface area contributed by atoms with Gasteiger partial charge in [0.25, 0.3) is 0 Å². The third kappa shape index (κ3) is 5.12. The van der Waals surface area contributed by atoms with E-state index in [1.165, 1.54) is 17.7 Å². The summed E-state index contributed by atoms with van der Waals surface area (Å²) < 4.78 is 30.7. The summed E-state index contributed by atoms with van der Waals surface area (Å²) in [6, 6.07) is 14.8. The molecule has 1 fully saturated rings. The van der Waals surface area contributed by atoms with Crippen LogP contribution in [0.2, 0.25) is 0 Å². The van der Waals surface area contributed by atoms with Crippen LogP contribution in [0.5, 0.6) is 0 Å². The number of carboxylic acid groups (broad SMARTS) is 1. The molecule has 5 nitrogen and oxygen atoms in total.